The van der Waals surface area contributed by atoms with Crippen LogP contribution < -0.4 is 15.4 Å². The number of carbonyl (C=O) groups is 1. The molecule has 1 unspecified atom stereocenters. The van der Waals surface area contributed by atoms with Crippen LogP contribution >= 0.6 is 0 Å². The number of carbonyl (C=O) groups excluding carboxylic acids is 1. The van der Waals surface area contributed by atoms with Gasteiger partial charge >= 0.3 is 6.03 Å². The standard InChI is InChI=1S/C33H38FN3O4/c1-5-32(22-39-3)23(2)29(34)30(41-32)37-21-20-28(35-31(37)38)36-33(24-12-8-6-9-13-24,25-14-10-7-11-15-25)26-16-18-27(40-4)19-17-26/h6-21,23,28-30,36H,5,22H2,1-4H3,(H,35,38)/t23-,28?,29+,30+,32-/m0/s1. The first kappa shape index (κ1) is 28.8. The van der Waals surface area contributed by atoms with Gasteiger partial charge in [-0.25, -0.2) is 9.18 Å². The molecule has 0 spiro atoms. The topological polar surface area (TPSA) is 72.1 Å². The molecule has 0 radical (unpaired) electrons. The predicted octanol–water partition coefficient (Wildman–Crippen LogP) is 5.57. The summed E-state index contributed by atoms with van der Waals surface area (Å²) in [5, 5.41) is 6.75. The van der Waals surface area contributed by atoms with Gasteiger partial charge in [0.05, 0.1) is 24.9 Å². The molecule has 0 aliphatic carbocycles. The van der Waals surface area contributed by atoms with E-state index < -0.39 is 41.7 Å². The summed E-state index contributed by atoms with van der Waals surface area (Å²) >= 11 is 0. The zero-order valence-electron chi connectivity index (χ0n) is 23.9. The maximum atomic E-state index is 15.6. The van der Waals surface area contributed by atoms with Crippen LogP contribution in [0.3, 0.4) is 0 Å². The number of urea groups is 1. The highest BCUT2D eigenvalue weighted by molar-refractivity contribution is 5.77. The summed E-state index contributed by atoms with van der Waals surface area (Å²) in [5.41, 5.74) is 1.31. The molecule has 5 atom stereocenters. The van der Waals surface area contributed by atoms with Crippen LogP contribution in [0.25, 0.3) is 0 Å². The van der Waals surface area contributed by atoms with E-state index in [1.165, 1.54) is 4.90 Å². The quantitative estimate of drug-likeness (QED) is 0.318. The minimum absolute atomic E-state index is 0.253. The van der Waals surface area contributed by atoms with E-state index in [4.69, 9.17) is 14.2 Å². The average Bonchev–Trinajstić information content (AvgIpc) is 3.26. The fourth-order valence-corrected chi connectivity index (χ4v) is 6.06. The largest absolute Gasteiger partial charge is 0.497 e. The Kier molecular flexibility index (Phi) is 8.45. The van der Waals surface area contributed by atoms with Crippen LogP contribution in [0, 0.1) is 5.92 Å². The van der Waals surface area contributed by atoms with E-state index in [0.29, 0.717) is 6.42 Å². The normalized spacial score (nSPS) is 26.2. The van der Waals surface area contributed by atoms with Crippen molar-refractivity contribution in [3.63, 3.8) is 0 Å². The summed E-state index contributed by atoms with van der Waals surface area (Å²) in [6, 6.07) is 27.6. The number of hydrogen-bond donors (Lipinski definition) is 2. The molecule has 8 heteroatoms. The third kappa shape index (κ3) is 5.23. The Morgan fingerprint density at radius 1 is 0.976 bits per heavy atom. The highest BCUT2D eigenvalue weighted by Crippen LogP contribution is 2.43. The molecule has 2 amide bonds. The number of ether oxygens (including phenoxy) is 3. The van der Waals surface area contributed by atoms with Crippen molar-refractivity contribution >= 4 is 6.03 Å². The highest BCUT2D eigenvalue weighted by Gasteiger charge is 2.55. The van der Waals surface area contributed by atoms with Gasteiger partial charge in [0.15, 0.2) is 12.4 Å². The molecule has 2 aliphatic heterocycles. The van der Waals surface area contributed by atoms with E-state index in [-0.39, 0.29) is 6.61 Å². The number of halogens is 1. The number of amides is 2. The first-order valence-corrected chi connectivity index (χ1v) is 14.0. The van der Waals surface area contributed by atoms with E-state index in [1.807, 2.05) is 80.6 Å². The number of benzene rings is 3. The molecular weight excluding hydrogens is 521 g/mol. The molecule has 5 rings (SSSR count). The second-order valence-corrected chi connectivity index (χ2v) is 10.6. The second-order valence-electron chi connectivity index (χ2n) is 10.6. The number of hydrogen-bond acceptors (Lipinski definition) is 5. The summed E-state index contributed by atoms with van der Waals surface area (Å²) < 4.78 is 32.6. The van der Waals surface area contributed by atoms with Crippen molar-refractivity contribution in [1.82, 2.24) is 15.5 Å². The van der Waals surface area contributed by atoms with Crippen LogP contribution in [0.4, 0.5) is 9.18 Å². The Bertz CT molecular complexity index is 1300. The molecule has 41 heavy (non-hydrogen) atoms. The lowest BCUT2D eigenvalue weighted by atomic mass is 9.76. The molecule has 3 aromatic rings. The number of rotatable bonds is 10. The SMILES string of the molecule is CC[C@@]1(COC)O[C@@H](N2C=CC(NC(c3ccccc3)(c3ccccc3)c3ccc(OC)cc3)NC2=O)[C@H](F)[C@@H]1C. The number of alkyl halides is 1. The van der Waals surface area contributed by atoms with Gasteiger partial charge in [0.2, 0.25) is 0 Å². The summed E-state index contributed by atoms with van der Waals surface area (Å²) in [5.74, 6) is 0.307. The predicted molar refractivity (Wildman–Crippen MR) is 156 cm³/mol. The van der Waals surface area contributed by atoms with Crippen molar-refractivity contribution in [2.45, 2.75) is 50.0 Å². The van der Waals surface area contributed by atoms with E-state index in [2.05, 4.69) is 34.9 Å². The maximum absolute atomic E-state index is 15.6. The Labute approximate surface area is 241 Å². The molecule has 1 saturated heterocycles. The van der Waals surface area contributed by atoms with Crippen molar-refractivity contribution in [1.29, 1.82) is 0 Å². The fourth-order valence-electron chi connectivity index (χ4n) is 6.06. The third-order valence-corrected chi connectivity index (χ3v) is 8.46. The van der Waals surface area contributed by atoms with E-state index in [0.717, 1.165) is 22.4 Å². The van der Waals surface area contributed by atoms with Gasteiger partial charge in [-0.2, -0.15) is 0 Å². The van der Waals surface area contributed by atoms with Gasteiger partial charge in [-0.1, -0.05) is 86.6 Å². The van der Waals surface area contributed by atoms with Gasteiger partial charge in [-0.3, -0.25) is 10.2 Å². The lowest BCUT2D eigenvalue weighted by Crippen LogP contribution is -2.60. The molecule has 2 heterocycles. The lowest BCUT2D eigenvalue weighted by molar-refractivity contribution is -0.126. The molecule has 3 aromatic carbocycles. The first-order valence-electron chi connectivity index (χ1n) is 14.0. The van der Waals surface area contributed by atoms with Crippen molar-refractivity contribution in [2.24, 2.45) is 5.92 Å². The van der Waals surface area contributed by atoms with Crippen molar-refractivity contribution in [3.8, 4) is 5.75 Å². The smallest absolute Gasteiger partial charge is 0.325 e. The molecular formula is C33H38FN3O4. The number of nitrogens with one attached hydrogen (secondary N) is 2. The number of nitrogens with zero attached hydrogens (tertiary/aromatic N) is 1. The summed E-state index contributed by atoms with van der Waals surface area (Å²) in [4.78, 5) is 14.8. The highest BCUT2D eigenvalue weighted by atomic mass is 19.1. The zero-order chi connectivity index (χ0) is 29.0. The number of methoxy groups -OCH3 is 2. The Morgan fingerprint density at radius 2 is 1.56 bits per heavy atom. The van der Waals surface area contributed by atoms with Gasteiger partial charge in [-0.15, -0.1) is 0 Å². The van der Waals surface area contributed by atoms with Crippen LogP contribution in [-0.2, 0) is 15.0 Å². The molecule has 7 nitrogen and oxygen atoms in total. The monoisotopic (exact) mass is 559 g/mol. The first-order chi connectivity index (χ1) is 19.9. The molecule has 0 saturated carbocycles. The fraction of sp³-hybridized carbons (Fsp3) is 0.364. The third-order valence-electron chi connectivity index (χ3n) is 8.46. The second kappa shape index (κ2) is 12.0. The van der Waals surface area contributed by atoms with Crippen LogP contribution in [0.5, 0.6) is 5.75 Å². The lowest BCUT2D eigenvalue weighted by Gasteiger charge is -2.41. The van der Waals surface area contributed by atoms with E-state index >= 15 is 4.39 Å². The molecule has 1 fully saturated rings. The average molecular weight is 560 g/mol. The zero-order valence-corrected chi connectivity index (χ0v) is 23.9. The van der Waals surface area contributed by atoms with Crippen LogP contribution in [0.15, 0.2) is 97.2 Å². The molecule has 0 aromatic heterocycles. The minimum Gasteiger partial charge on any atom is -0.497 e. The molecule has 2 aliphatic rings. The van der Waals surface area contributed by atoms with Crippen LogP contribution in [-0.4, -0.2) is 55.9 Å². The molecule has 2 N–H and O–H groups in total. The molecule has 0 bridgehead atoms. The Hall–Kier alpha value is -3.72. The molecule has 216 valence electrons. The van der Waals surface area contributed by atoms with Crippen molar-refractivity contribution < 1.29 is 23.4 Å². The Morgan fingerprint density at radius 3 is 2.07 bits per heavy atom. The summed E-state index contributed by atoms with van der Waals surface area (Å²) in [6.07, 6.45) is 1.03. The Balaban J connectivity index is 1.52. The summed E-state index contributed by atoms with van der Waals surface area (Å²) in [7, 11) is 3.21. The van der Waals surface area contributed by atoms with Crippen molar-refractivity contribution in [3.05, 3.63) is 114 Å². The minimum atomic E-state index is -1.36. The van der Waals surface area contributed by atoms with Gasteiger partial charge < -0.3 is 19.5 Å². The van der Waals surface area contributed by atoms with E-state index in [9.17, 15) is 4.79 Å². The van der Waals surface area contributed by atoms with Gasteiger partial charge in [-0.05, 0) is 41.3 Å². The van der Waals surface area contributed by atoms with Crippen LogP contribution in [0.1, 0.15) is 37.0 Å². The van der Waals surface area contributed by atoms with Gasteiger partial charge in [0.25, 0.3) is 0 Å². The van der Waals surface area contributed by atoms with Gasteiger partial charge in [0.1, 0.15) is 11.9 Å². The van der Waals surface area contributed by atoms with Crippen molar-refractivity contribution in [2.75, 3.05) is 20.8 Å². The van der Waals surface area contributed by atoms with Crippen LogP contribution in [0.2, 0.25) is 0 Å². The van der Waals surface area contributed by atoms with Gasteiger partial charge in [0, 0.05) is 19.2 Å². The van der Waals surface area contributed by atoms with E-state index in [1.54, 1.807) is 20.4 Å². The maximum Gasteiger partial charge on any atom is 0.325 e. The summed E-state index contributed by atoms with van der Waals surface area (Å²) in [6.45, 7) is 4.01.